The number of benzene rings is 1. The Bertz CT molecular complexity index is 897. The van der Waals surface area contributed by atoms with Crippen LogP contribution in [-0.4, -0.2) is 62.1 Å². The molecule has 1 aromatic carbocycles. The van der Waals surface area contributed by atoms with Crippen molar-refractivity contribution in [3.05, 3.63) is 24.3 Å². The minimum atomic E-state index is -3.07. The summed E-state index contributed by atoms with van der Waals surface area (Å²) in [6.45, 7) is 4.35. The fourth-order valence-electron chi connectivity index (χ4n) is 4.43. The van der Waals surface area contributed by atoms with Gasteiger partial charge in [0.2, 0.25) is 5.91 Å². The van der Waals surface area contributed by atoms with Gasteiger partial charge in [-0.3, -0.25) is 10.1 Å². The molecule has 0 radical (unpaired) electrons. The number of rotatable bonds is 8. The maximum absolute atomic E-state index is 13.2. The minimum Gasteiger partial charge on any atom is -0.449 e. The number of nitrogens with one attached hydrogen (secondary N) is 2. The van der Waals surface area contributed by atoms with Gasteiger partial charge in [0.05, 0.1) is 24.7 Å². The highest BCUT2D eigenvalue weighted by Crippen LogP contribution is 2.28. The second-order valence-electron chi connectivity index (χ2n) is 9.20. The normalized spacial score (nSPS) is 20.7. The van der Waals surface area contributed by atoms with Crippen molar-refractivity contribution in [2.24, 2.45) is 5.92 Å². The summed E-state index contributed by atoms with van der Waals surface area (Å²) < 4.78 is 29.2. The van der Waals surface area contributed by atoms with Gasteiger partial charge in [-0.05, 0) is 43.4 Å². The largest absolute Gasteiger partial charge is 0.449 e. The summed E-state index contributed by atoms with van der Waals surface area (Å²) in [5.41, 5.74) is 1.27. The first kappa shape index (κ1) is 24.4. The maximum Gasteiger partial charge on any atom is 0.411 e. The van der Waals surface area contributed by atoms with Crippen LogP contribution in [0.5, 0.6) is 0 Å². The van der Waals surface area contributed by atoms with E-state index in [4.69, 9.17) is 4.74 Å². The molecule has 1 aliphatic carbocycles. The van der Waals surface area contributed by atoms with Crippen LogP contribution in [0.4, 0.5) is 16.2 Å². The van der Waals surface area contributed by atoms with Crippen LogP contribution in [0.2, 0.25) is 0 Å². The summed E-state index contributed by atoms with van der Waals surface area (Å²) in [7, 11) is -3.07. The Hall–Kier alpha value is -2.29. The van der Waals surface area contributed by atoms with Gasteiger partial charge < -0.3 is 15.0 Å². The van der Waals surface area contributed by atoms with Crippen LogP contribution < -0.4 is 10.6 Å². The third kappa shape index (κ3) is 7.12. The molecule has 1 aliphatic heterocycles. The van der Waals surface area contributed by atoms with E-state index in [1.807, 2.05) is 24.8 Å². The molecule has 3 rings (SSSR count). The highest BCUT2D eigenvalue weighted by Gasteiger charge is 2.38. The van der Waals surface area contributed by atoms with Crippen LogP contribution in [0.1, 0.15) is 52.4 Å². The Balaban J connectivity index is 1.61. The van der Waals surface area contributed by atoms with E-state index in [0.717, 1.165) is 25.7 Å². The standard InChI is InChI=1S/C23H35N3O5S/c1-17(2)15-31-23(28)25-19-8-6-7-18(13-19)24-14-22(27)26(20-9-4-3-5-10-20)21-11-12-32(29,30)16-21/h6-8,13,17,20-21,24H,3-5,9-12,14-16H2,1-2H3,(H,25,28). The van der Waals surface area contributed by atoms with E-state index in [1.54, 1.807) is 18.2 Å². The minimum absolute atomic E-state index is 0.0626. The van der Waals surface area contributed by atoms with E-state index in [9.17, 15) is 18.0 Å². The van der Waals surface area contributed by atoms with Crippen LogP contribution in [0, 0.1) is 5.92 Å². The van der Waals surface area contributed by atoms with Gasteiger partial charge in [0.25, 0.3) is 0 Å². The van der Waals surface area contributed by atoms with Gasteiger partial charge in [0.1, 0.15) is 0 Å². The van der Waals surface area contributed by atoms with Crippen LogP contribution in [0.25, 0.3) is 0 Å². The second kappa shape index (κ2) is 11.0. The zero-order valence-corrected chi connectivity index (χ0v) is 19.8. The van der Waals surface area contributed by atoms with Crippen molar-refractivity contribution in [3.8, 4) is 0 Å². The molecular weight excluding hydrogens is 430 g/mol. The molecule has 2 aliphatic rings. The molecule has 8 nitrogen and oxygen atoms in total. The highest BCUT2D eigenvalue weighted by atomic mass is 32.2. The van der Waals surface area contributed by atoms with Crippen LogP contribution in [-0.2, 0) is 19.4 Å². The first-order valence-electron chi connectivity index (χ1n) is 11.5. The topological polar surface area (TPSA) is 105 Å². The van der Waals surface area contributed by atoms with E-state index in [-0.39, 0.29) is 42.0 Å². The number of carbonyl (C=O) groups excluding carboxylic acids is 2. The van der Waals surface area contributed by atoms with Crippen molar-refractivity contribution in [2.75, 3.05) is 35.3 Å². The highest BCUT2D eigenvalue weighted by molar-refractivity contribution is 7.91. The number of sulfone groups is 1. The van der Waals surface area contributed by atoms with Crippen LogP contribution >= 0.6 is 0 Å². The van der Waals surface area contributed by atoms with E-state index < -0.39 is 15.9 Å². The number of ether oxygens (including phenoxy) is 1. The molecule has 178 valence electrons. The lowest BCUT2D eigenvalue weighted by Crippen LogP contribution is -2.50. The molecule has 1 saturated carbocycles. The van der Waals surface area contributed by atoms with E-state index in [2.05, 4.69) is 10.6 Å². The molecule has 2 amide bonds. The second-order valence-corrected chi connectivity index (χ2v) is 11.4. The lowest BCUT2D eigenvalue weighted by atomic mass is 9.93. The van der Waals surface area contributed by atoms with Crippen molar-refractivity contribution >= 4 is 33.2 Å². The molecule has 0 aromatic heterocycles. The maximum atomic E-state index is 13.2. The molecule has 9 heteroatoms. The molecule has 1 atom stereocenters. The summed E-state index contributed by atoms with van der Waals surface area (Å²) in [5, 5.41) is 5.83. The summed E-state index contributed by atoms with van der Waals surface area (Å²) in [6, 6.07) is 6.98. The molecule has 1 saturated heterocycles. The molecule has 2 N–H and O–H groups in total. The molecule has 0 bridgehead atoms. The Morgan fingerprint density at radius 3 is 2.47 bits per heavy atom. The van der Waals surface area contributed by atoms with Gasteiger partial charge in [-0.2, -0.15) is 0 Å². The molecule has 32 heavy (non-hydrogen) atoms. The SMILES string of the molecule is CC(C)COC(=O)Nc1cccc(NCC(=O)N(C2CCCCC2)C2CCS(=O)(=O)C2)c1. The van der Waals surface area contributed by atoms with E-state index >= 15 is 0 Å². The molecule has 1 heterocycles. The molecular formula is C23H35N3O5S. The number of hydrogen-bond donors (Lipinski definition) is 2. The summed E-state index contributed by atoms with van der Waals surface area (Å²) >= 11 is 0. The Kier molecular flexibility index (Phi) is 8.39. The molecule has 1 unspecified atom stereocenters. The predicted molar refractivity (Wildman–Crippen MR) is 126 cm³/mol. The number of hydrogen-bond acceptors (Lipinski definition) is 6. The summed E-state index contributed by atoms with van der Waals surface area (Å²) in [5.74, 6) is 0.394. The monoisotopic (exact) mass is 465 g/mol. The fourth-order valence-corrected chi connectivity index (χ4v) is 6.14. The van der Waals surface area contributed by atoms with Gasteiger partial charge in [-0.25, -0.2) is 13.2 Å². The van der Waals surface area contributed by atoms with Crippen molar-refractivity contribution in [1.82, 2.24) is 4.90 Å². The lowest BCUT2D eigenvalue weighted by Gasteiger charge is -2.38. The first-order chi connectivity index (χ1) is 15.2. The summed E-state index contributed by atoms with van der Waals surface area (Å²) in [4.78, 5) is 26.9. The van der Waals surface area contributed by atoms with Crippen molar-refractivity contribution in [3.63, 3.8) is 0 Å². The van der Waals surface area contributed by atoms with Gasteiger partial charge in [-0.15, -0.1) is 0 Å². The molecule has 1 aromatic rings. The number of nitrogens with zero attached hydrogens (tertiary/aromatic N) is 1. The van der Waals surface area contributed by atoms with Crippen molar-refractivity contribution < 1.29 is 22.7 Å². The average molecular weight is 466 g/mol. The Labute approximate surface area is 191 Å². The molecule has 2 fully saturated rings. The van der Waals surface area contributed by atoms with E-state index in [0.29, 0.717) is 24.4 Å². The van der Waals surface area contributed by atoms with Crippen molar-refractivity contribution in [2.45, 2.75) is 64.5 Å². The van der Waals surface area contributed by atoms with Gasteiger partial charge >= 0.3 is 6.09 Å². The fraction of sp³-hybridized carbons (Fsp3) is 0.652. The number of anilines is 2. The third-order valence-electron chi connectivity index (χ3n) is 5.96. The lowest BCUT2D eigenvalue weighted by molar-refractivity contribution is -0.134. The first-order valence-corrected chi connectivity index (χ1v) is 13.3. The van der Waals surface area contributed by atoms with E-state index in [1.165, 1.54) is 6.42 Å². The number of carbonyl (C=O) groups is 2. The summed E-state index contributed by atoms with van der Waals surface area (Å²) in [6.07, 6.45) is 5.17. The van der Waals surface area contributed by atoms with Gasteiger partial charge in [0.15, 0.2) is 9.84 Å². The third-order valence-corrected chi connectivity index (χ3v) is 7.71. The Morgan fingerprint density at radius 1 is 1.09 bits per heavy atom. The Morgan fingerprint density at radius 2 is 1.81 bits per heavy atom. The average Bonchev–Trinajstić information content (AvgIpc) is 3.11. The smallest absolute Gasteiger partial charge is 0.411 e. The van der Waals surface area contributed by atoms with Gasteiger partial charge in [0, 0.05) is 23.5 Å². The number of amides is 2. The van der Waals surface area contributed by atoms with Gasteiger partial charge in [-0.1, -0.05) is 39.2 Å². The zero-order valence-electron chi connectivity index (χ0n) is 19.0. The quantitative estimate of drug-likeness (QED) is 0.607. The van der Waals surface area contributed by atoms with Crippen molar-refractivity contribution in [1.29, 1.82) is 0 Å². The molecule has 0 spiro atoms. The predicted octanol–water partition coefficient (Wildman–Crippen LogP) is 3.65. The van der Waals surface area contributed by atoms with Crippen LogP contribution in [0.15, 0.2) is 24.3 Å². The zero-order chi connectivity index (χ0) is 23.1. The van der Waals surface area contributed by atoms with Crippen LogP contribution in [0.3, 0.4) is 0 Å².